The molecule has 5 aliphatic rings. The minimum absolute atomic E-state index is 0.0530. The van der Waals surface area contributed by atoms with Crippen LogP contribution in [0.5, 0.6) is 17.2 Å². The minimum Gasteiger partial charge on any atom is -0.508 e. The van der Waals surface area contributed by atoms with E-state index in [4.69, 9.17) is 75.8 Å². The third kappa shape index (κ3) is 18.5. The fourth-order valence-corrected chi connectivity index (χ4v) is 10.9. The van der Waals surface area contributed by atoms with Crippen LogP contribution < -0.4 is 4.74 Å². The van der Waals surface area contributed by atoms with Gasteiger partial charge in [0.25, 0.3) is 0 Å². The first kappa shape index (κ1) is 75.3. The number of rotatable bonds is 26. The van der Waals surface area contributed by atoms with Crippen molar-refractivity contribution in [3.63, 3.8) is 0 Å². The van der Waals surface area contributed by atoms with Crippen molar-refractivity contribution in [1.82, 2.24) is 0 Å². The fourth-order valence-electron chi connectivity index (χ4n) is 10.9. The zero-order valence-electron chi connectivity index (χ0n) is 52.1. The van der Waals surface area contributed by atoms with Gasteiger partial charge in [-0.1, -0.05) is 36.4 Å². The maximum atomic E-state index is 14.6. The lowest BCUT2D eigenvalue weighted by molar-refractivity contribution is -0.422. The van der Waals surface area contributed by atoms with Gasteiger partial charge in [0.15, 0.2) is 55.0 Å². The van der Waals surface area contributed by atoms with Gasteiger partial charge in [-0.25, -0.2) is 14.4 Å². The van der Waals surface area contributed by atoms with Crippen LogP contribution in [0.1, 0.15) is 42.3 Å². The molecule has 0 bridgehead atoms. The molecule has 0 aliphatic carbocycles. The number of hydrogen-bond acceptors (Lipinski definition) is 35. The van der Waals surface area contributed by atoms with E-state index in [-0.39, 0.29) is 28.4 Å². The summed E-state index contributed by atoms with van der Waals surface area (Å²) in [5.74, 6) is -10.6. The van der Waals surface area contributed by atoms with Crippen molar-refractivity contribution >= 4 is 48.0 Å². The van der Waals surface area contributed by atoms with Gasteiger partial charge < -0.3 is 142 Å². The molecule has 5 fully saturated rings. The van der Waals surface area contributed by atoms with E-state index in [2.05, 4.69) is 0 Å². The molecule has 35 nitrogen and oxygen atoms in total. The second-order valence-corrected chi connectivity index (χ2v) is 22.6. The highest BCUT2D eigenvalue weighted by Gasteiger charge is 2.65. The third-order valence-electron chi connectivity index (χ3n) is 15.8. The lowest BCUT2D eigenvalue weighted by Crippen LogP contribution is -2.70. The number of carbonyl (C=O) groups excluding carboxylic acids is 6. The average Bonchev–Trinajstić information content (AvgIpc) is 1.73. The minimum atomic E-state index is -3.11. The van der Waals surface area contributed by atoms with E-state index in [1.54, 1.807) is 0 Å². The largest absolute Gasteiger partial charge is 0.508 e. The van der Waals surface area contributed by atoms with Crippen molar-refractivity contribution in [2.75, 3.05) is 46.8 Å². The Balaban J connectivity index is 1.35. The predicted octanol–water partition coefficient (Wildman–Crippen LogP) is -4.40. The van der Waals surface area contributed by atoms with Gasteiger partial charge in [-0.3, -0.25) is 14.4 Å². The van der Waals surface area contributed by atoms with Gasteiger partial charge in [-0.2, -0.15) is 0 Å². The summed E-state index contributed by atoms with van der Waals surface area (Å²) in [6.45, 7) is -3.76. The van der Waals surface area contributed by atoms with Crippen LogP contribution in [0, 0.1) is 0 Å². The Morgan fingerprint density at radius 2 is 1.00 bits per heavy atom. The van der Waals surface area contributed by atoms with Crippen LogP contribution in [-0.2, 0) is 95.0 Å². The number of esters is 6. The molecule has 24 unspecified atom stereocenters. The molecule has 3 aromatic carbocycles. The topological polar surface area (TPSA) is 513 Å². The SMILES string of the molecule is COc1cc(/C=C/C(=O)OC2C(COC(C)=O)OC(OC3OC(CO)C(O)C(O)C3O)C(OC3(COC(=O)/C=C/c4ccc(O)cc4)OC(CO)C(O)C3OC(=O)c3ccccc3)C2OC2OC(COC(C)=O)C(OC(C)=O)C(OC3OC(CO)C(O)C(O)C3O)C2O)ccc1O. The molecule has 534 valence electrons. The number of hydrogen-bond donors (Lipinski definition) is 13. The number of ether oxygens (including phenoxy) is 16. The monoisotopic (exact) mass is 1380 g/mol. The highest BCUT2D eigenvalue weighted by Crippen LogP contribution is 2.43. The summed E-state index contributed by atoms with van der Waals surface area (Å²) >= 11 is 0. The van der Waals surface area contributed by atoms with Crippen molar-refractivity contribution < 1.29 is 171 Å². The van der Waals surface area contributed by atoms with Gasteiger partial charge in [0.1, 0.15) is 123 Å². The number of aliphatic hydroxyl groups excluding tert-OH is 11. The summed E-state index contributed by atoms with van der Waals surface area (Å²) in [7, 11) is 1.24. The average molecular weight is 1380 g/mol. The molecule has 0 amide bonds. The summed E-state index contributed by atoms with van der Waals surface area (Å²) in [5, 5.41) is 143. The van der Waals surface area contributed by atoms with Crippen molar-refractivity contribution in [3.8, 4) is 17.2 Å². The number of phenols is 2. The summed E-state index contributed by atoms with van der Waals surface area (Å²) in [6, 6.07) is 16.2. The van der Waals surface area contributed by atoms with Crippen molar-refractivity contribution in [2.45, 2.75) is 168 Å². The predicted molar refractivity (Wildman–Crippen MR) is 313 cm³/mol. The summed E-state index contributed by atoms with van der Waals surface area (Å²) in [5.41, 5.74) is 0.338. The smallest absolute Gasteiger partial charge is 0.338 e. The molecule has 5 heterocycles. The fraction of sp³-hybridized carbons (Fsp3) is 0.548. The maximum absolute atomic E-state index is 14.6. The molecule has 0 spiro atoms. The van der Waals surface area contributed by atoms with Crippen LogP contribution in [0.15, 0.2) is 84.9 Å². The molecule has 35 heteroatoms. The number of phenolic OH excluding ortho intramolecular Hbond substituents is 2. The number of methoxy groups -OCH3 is 1. The number of aromatic hydroxyl groups is 2. The molecule has 5 aliphatic heterocycles. The van der Waals surface area contributed by atoms with Crippen molar-refractivity contribution in [3.05, 3.63) is 102 Å². The maximum Gasteiger partial charge on any atom is 0.338 e. The van der Waals surface area contributed by atoms with Gasteiger partial charge in [-0.15, -0.1) is 0 Å². The highest BCUT2D eigenvalue weighted by molar-refractivity contribution is 5.90. The third-order valence-corrected chi connectivity index (χ3v) is 15.8. The second kappa shape index (κ2) is 33.9. The quantitative estimate of drug-likeness (QED) is 0.0205. The van der Waals surface area contributed by atoms with Crippen LogP contribution in [-0.4, -0.2) is 296 Å². The zero-order chi connectivity index (χ0) is 70.6. The Morgan fingerprint density at radius 1 is 0.485 bits per heavy atom. The van der Waals surface area contributed by atoms with Crippen LogP contribution in [0.4, 0.5) is 0 Å². The molecule has 8 rings (SSSR count). The molecule has 5 saturated heterocycles. The Morgan fingerprint density at radius 3 is 1.57 bits per heavy atom. The Labute approximate surface area is 550 Å². The van der Waals surface area contributed by atoms with E-state index < -0.39 is 222 Å². The van der Waals surface area contributed by atoms with Crippen LogP contribution in [0.2, 0.25) is 0 Å². The lowest BCUT2D eigenvalue weighted by atomic mass is 9.95. The van der Waals surface area contributed by atoms with Crippen LogP contribution in [0.25, 0.3) is 12.2 Å². The Kier molecular flexibility index (Phi) is 26.3. The van der Waals surface area contributed by atoms with Gasteiger partial charge in [0.2, 0.25) is 5.79 Å². The molecule has 13 N–H and O–H groups in total. The van der Waals surface area contributed by atoms with E-state index in [1.165, 1.54) is 86.0 Å². The summed E-state index contributed by atoms with van der Waals surface area (Å²) < 4.78 is 95.6. The molecule has 0 aromatic heterocycles. The molecule has 97 heavy (non-hydrogen) atoms. The second-order valence-electron chi connectivity index (χ2n) is 22.6. The van der Waals surface area contributed by atoms with E-state index >= 15 is 0 Å². The standard InChI is InChI=1S/C62H76O35/c1-27(66)83-24-39-51(86-29(3)68)53(92-58-48(78)46(76)43(73)36(21-63)87-58)50(80)60(89-39)93-54-52(91-42(72)19-14-31-12-17-34(70)35(20-31)82-4)40(25-84-28(2)67)90-61(95-59-49(79)47(77)44(74)37(22-64)88-59)55(54)97-62(26-85-41(71)18-13-30-10-15-33(69)16-11-30)56(45(75)38(23-65)96-62)94-57(81)32-8-6-5-7-9-32/h5-20,36-40,43-56,58-61,63-65,69-70,73-80H,21-26H2,1-4H3/b18-13+,19-14+. The van der Waals surface area contributed by atoms with Crippen LogP contribution >= 0.6 is 0 Å². The van der Waals surface area contributed by atoms with E-state index in [0.29, 0.717) is 5.56 Å². The van der Waals surface area contributed by atoms with Crippen molar-refractivity contribution in [2.24, 2.45) is 0 Å². The highest BCUT2D eigenvalue weighted by atomic mass is 16.8. The first-order valence-electron chi connectivity index (χ1n) is 30.0. The normalized spacial score (nSPS) is 35.1. The number of benzene rings is 3. The molecule has 0 radical (unpaired) electrons. The van der Waals surface area contributed by atoms with E-state index in [1.807, 2.05) is 0 Å². The van der Waals surface area contributed by atoms with Gasteiger partial charge in [-0.05, 0) is 59.7 Å². The van der Waals surface area contributed by atoms with Crippen molar-refractivity contribution in [1.29, 1.82) is 0 Å². The zero-order valence-corrected chi connectivity index (χ0v) is 52.1. The summed E-state index contributed by atoms with van der Waals surface area (Å²) in [6.07, 6.45) is -46.3. The summed E-state index contributed by atoms with van der Waals surface area (Å²) in [4.78, 5) is 81.2. The van der Waals surface area contributed by atoms with Gasteiger partial charge in [0, 0.05) is 32.9 Å². The Bertz CT molecular complexity index is 3180. The molecular formula is C62H76O35. The first-order chi connectivity index (χ1) is 46.2. The van der Waals surface area contributed by atoms with Crippen LogP contribution in [0.3, 0.4) is 0 Å². The molecule has 24 atom stereocenters. The van der Waals surface area contributed by atoms with E-state index in [9.17, 15) is 95.2 Å². The lowest BCUT2D eigenvalue weighted by Gasteiger charge is -2.51. The molecule has 0 saturated carbocycles. The van der Waals surface area contributed by atoms with E-state index in [0.717, 1.165) is 39.0 Å². The molecule has 3 aromatic rings. The van der Waals surface area contributed by atoms with Gasteiger partial charge in [0.05, 0.1) is 32.5 Å². The van der Waals surface area contributed by atoms with Gasteiger partial charge >= 0.3 is 35.8 Å². The first-order valence-corrected chi connectivity index (χ1v) is 30.0. The molecular weight excluding hydrogens is 1300 g/mol. The number of aliphatic hydroxyl groups is 11. The Hall–Kier alpha value is -7.44. The number of carbonyl (C=O) groups is 6.